The van der Waals surface area contributed by atoms with Crippen LogP contribution in [-0.4, -0.2) is 7.11 Å². The van der Waals surface area contributed by atoms with E-state index in [0.29, 0.717) is 11.3 Å². The molecule has 0 spiro atoms. The lowest BCUT2D eigenvalue weighted by Crippen LogP contribution is -1.95. The Morgan fingerprint density at radius 2 is 1.82 bits per heavy atom. The molecule has 0 unspecified atom stereocenters. The fraction of sp³-hybridized carbons (Fsp3) is 0.0769. The standard InChI is InChI=1S/C13H11F2NO/c1-17-12-4-2-3-9(13(12)15)10-7-8(14)5-6-11(10)16/h2-7H,16H2,1H3. The molecule has 0 saturated heterocycles. The van der Waals surface area contributed by atoms with E-state index in [1.807, 2.05) is 0 Å². The Morgan fingerprint density at radius 3 is 2.53 bits per heavy atom. The number of benzene rings is 2. The van der Waals surface area contributed by atoms with Crippen molar-refractivity contribution in [3.05, 3.63) is 48.0 Å². The average Bonchev–Trinajstić information content (AvgIpc) is 2.33. The van der Waals surface area contributed by atoms with E-state index < -0.39 is 11.6 Å². The van der Waals surface area contributed by atoms with Gasteiger partial charge in [-0.25, -0.2) is 8.78 Å². The van der Waals surface area contributed by atoms with Crippen LogP contribution in [0.25, 0.3) is 11.1 Å². The van der Waals surface area contributed by atoms with Crippen molar-refractivity contribution in [3.8, 4) is 16.9 Å². The second-order valence-corrected chi connectivity index (χ2v) is 3.55. The van der Waals surface area contributed by atoms with Crippen molar-refractivity contribution in [2.24, 2.45) is 0 Å². The van der Waals surface area contributed by atoms with Crippen molar-refractivity contribution in [1.29, 1.82) is 0 Å². The van der Waals surface area contributed by atoms with Gasteiger partial charge in [0.05, 0.1) is 7.11 Å². The van der Waals surface area contributed by atoms with Crippen molar-refractivity contribution in [2.75, 3.05) is 12.8 Å². The molecule has 88 valence electrons. The number of hydrogen-bond donors (Lipinski definition) is 1. The smallest absolute Gasteiger partial charge is 0.172 e. The number of hydrogen-bond acceptors (Lipinski definition) is 2. The van der Waals surface area contributed by atoms with Gasteiger partial charge < -0.3 is 10.5 Å². The number of rotatable bonds is 2. The van der Waals surface area contributed by atoms with Crippen molar-refractivity contribution in [1.82, 2.24) is 0 Å². The van der Waals surface area contributed by atoms with Crippen molar-refractivity contribution >= 4 is 5.69 Å². The van der Waals surface area contributed by atoms with Gasteiger partial charge in [0.15, 0.2) is 11.6 Å². The van der Waals surface area contributed by atoms with E-state index in [4.69, 9.17) is 10.5 Å². The lowest BCUT2D eigenvalue weighted by Gasteiger charge is -2.09. The molecular weight excluding hydrogens is 224 g/mol. The molecule has 0 aliphatic heterocycles. The number of nitrogen functional groups attached to an aromatic ring is 1. The Kier molecular flexibility index (Phi) is 2.95. The van der Waals surface area contributed by atoms with Crippen LogP contribution in [0, 0.1) is 11.6 Å². The van der Waals surface area contributed by atoms with Crippen molar-refractivity contribution < 1.29 is 13.5 Å². The normalized spacial score (nSPS) is 10.3. The molecule has 0 radical (unpaired) electrons. The highest BCUT2D eigenvalue weighted by Crippen LogP contribution is 2.32. The molecule has 2 aromatic rings. The Morgan fingerprint density at radius 1 is 1.06 bits per heavy atom. The quantitative estimate of drug-likeness (QED) is 0.811. The summed E-state index contributed by atoms with van der Waals surface area (Å²) in [5, 5.41) is 0. The minimum absolute atomic E-state index is 0.103. The summed E-state index contributed by atoms with van der Waals surface area (Å²) in [5.41, 5.74) is 6.57. The third-order valence-electron chi connectivity index (χ3n) is 2.49. The highest BCUT2D eigenvalue weighted by atomic mass is 19.1. The first-order valence-electron chi connectivity index (χ1n) is 5.01. The molecule has 0 atom stereocenters. The predicted octanol–water partition coefficient (Wildman–Crippen LogP) is 3.22. The molecule has 0 saturated carbocycles. The van der Waals surface area contributed by atoms with Gasteiger partial charge in [-0.1, -0.05) is 12.1 Å². The van der Waals surface area contributed by atoms with Crippen LogP contribution >= 0.6 is 0 Å². The molecule has 2 nitrogen and oxygen atoms in total. The van der Waals surface area contributed by atoms with E-state index >= 15 is 0 Å². The summed E-state index contributed by atoms with van der Waals surface area (Å²) < 4.78 is 32.0. The molecule has 2 aromatic carbocycles. The molecule has 2 rings (SSSR count). The molecule has 0 amide bonds. The monoisotopic (exact) mass is 235 g/mol. The Labute approximate surface area is 97.6 Å². The van der Waals surface area contributed by atoms with Crippen molar-refractivity contribution in [3.63, 3.8) is 0 Å². The molecule has 0 aliphatic rings. The molecule has 17 heavy (non-hydrogen) atoms. The van der Waals surface area contributed by atoms with E-state index in [1.54, 1.807) is 6.07 Å². The Hall–Kier alpha value is -2.10. The second-order valence-electron chi connectivity index (χ2n) is 3.55. The highest BCUT2D eigenvalue weighted by Gasteiger charge is 2.13. The first-order chi connectivity index (χ1) is 8.13. The Balaban J connectivity index is 2.64. The third-order valence-corrected chi connectivity index (χ3v) is 2.49. The average molecular weight is 235 g/mol. The number of anilines is 1. The van der Waals surface area contributed by atoms with E-state index in [1.165, 1.54) is 37.4 Å². The van der Waals surface area contributed by atoms with Gasteiger partial charge in [-0.05, 0) is 24.3 Å². The van der Waals surface area contributed by atoms with Crippen LogP contribution in [0.5, 0.6) is 5.75 Å². The van der Waals surface area contributed by atoms with Crippen LogP contribution < -0.4 is 10.5 Å². The van der Waals surface area contributed by atoms with Crippen LogP contribution in [-0.2, 0) is 0 Å². The van der Waals surface area contributed by atoms with Gasteiger partial charge in [-0.3, -0.25) is 0 Å². The molecule has 0 fully saturated rings. The van der Waals surface area contributed by atoms with Crippen LogP contribution in [0.1, 0.15) is 0 Å². The van der Waals surface area contributed by atoms with Crippen LogP contribution in [0.2, 0.25) is 0 Å². The lowest BCUT2D eigenvalue weighted by atomic mass is 10.0. The molecule has 4 heteroatoms. The summed E-state index contributed by atoms with van der Waals surface area (Å²) in [7, 11) is 1.37. The summed E-state index contributed by atoms with van der Waals surface area (Å²) in [6.45, 7) is 0. The van der Waals surface area contributed by atoms with Crippen LogP contribution in [0.15, 0.2) is 36.4 Å². The minimum Gasteiger partial charge on any atom is -0.494 e. The van der Waals surface area contributed by atoms with Gasteiger partial charge >= 0.3 is 0 Å². The fourth-order valence-corrected chi connectivity index (χ4v) is 1.64. The maximum atomic E-state index is 14.0. The van der Waals surface area contributed by atoms with Gasteiger partial charge in [0.1, 0.15) is 5.82 Å². The molecule has 0 heterocycles. The van der Waals surface area contributed by atoms with E-state index in [-0.39, 0.29) is 11.3 Å². The number of ether oxygens (including phenoxy) is 1. The van der Waals surface area contributed by atoms with E-state index in [9.17, 15) is 8.78 Å². The SMILES string of the molecule is COc1cccc(-c2cc(F)ccc2N)c1F. The van der Waals surface area contributed by atoms with Gasteiger partial charge in [0.25, 0.3) is 0 Å². The first-order valence-corrected chi connectivity index (χ1v) is 5.01. The van der Waals surface area contributed by atoms with Crippen LogP contribution in [0.3, 0.4) is 0 Å². The summed E-state index contributed by atoms with van der Waals surface area (Å²) >= 11 is 0. The zero-order valence-corrected chi connectivity index (χ0v) is 9.21. The second kappa shape index (κ2) is 4.41. The number of halogens is 2. The molecule has 0 aliphatic carbocycles. The summed E-state index contributed by atoms with van der Waals surface area (Å²) in [5.74, 6) is -0.908. The van der Waals surface area contributed by atoms with Gasteiger partial charge in [0, 0.05) is 16.8 Å². The zero-order valence-electron chi connectivity index (χ0n) is 9.21. The summed E-state index contributed by atoms with van der Waals surface area (Å²) in [6, 6.07) is 8.49. The topological polar surface area (TPSA) is 35.2 Å². The van der Waals surface area contributed by atoms with Crippen molar-refractivity contribution in [2.45, 2.75) is 0 Å². The molecular formula is C13H11F2NO. The van der Waals surface area contributed by atoms with Gasteiger partial charge in [0.2, 0.25) is 0 Å². The number of methoxy groups -OCH3 is 1. The summed E-state index contributed by atoms with van der Waals surface area (Å²) in [6.07, 6.45) is 0. The maximum Gasteiger partial charge on any atom is 0.172 e. The number of nitrogens with two attached hydrogens (primary N) is 1. The molecule has 0 aromatic heterocycles. The molecule has 2 N–H and O–H groups in total. The first kappa shape index (κ1) is 11.4. The third kappa shape index (κ3) is 2.06. The van der Waals surface area contributed by atoms with E-state index in [2.05, 4.69) is 0 Å². The summed E-state index contributed by atoms with van der Waals surface area (Å²) in [4.78, 5) is 0. The Bertz CT molecular complexity index is 555. The highest BCUT2D eigenvalue weighted by molar-refractivity contribution is 5.77. The van der Waals surface area contributed by atoms with E-state index in [0.717, 1.165) is 0 Å². The van der Waals surface area contributed by atoms with Crippen LogP contribution in [0.4, 0.5) is 14.5 Å². The predicted molar refractivity (Wildman–Crippen MR) is 62.8 cm³/mol. The minimum atomic E-state index is -0.549. The maximum absolute atomic E-state index is 14.0. The fourth-order valence-electron chi connectivity index (χ4n) is 1.64. The zero-order chi connectivity index (χ0) is 12.4. The van der Waals surface area contributed by atoms with Gasteiger partial charge in [-0.15, -0.1) is 0 Å². The lowest BCUT2D eigenvalue weighted by molar-refractivity contribution is 0.387. The molecule has 0 bridgehead atoms. The largest absolute Gasteiger partial charge is 0.494 e. The van der Waals surface area contributed by atoms with Gasteiger partial charge in [-0.2, -0.15) is 0 Å².